The summed E-state index contributed by atoms with van der Waals surface area (Å²) in [6.45, 7) is -0.423. The predicted molar refractivity (Wildman–Crippen MR) is 66.2 cm³/mol. The summed E-state index contributed by atoms with van der Waals surface area (Å²) < 4.78 is 13.4. The van der Waals surface area contributed by atoms with Gasteiger partial charge < -0.3 is 20.4 Å². The molecule has 0 aliphatic heterocycles. The fourth-order valence-corrected chi connectivity index (χ4v) is 1.57. The Bertz CT molecular complexity index is 391. The number of amides is 2. The molecule has 100 valence electrons. The molecular formula is C11H14ClFN2O3. The number of halogens is 2. The number of anilines is 1. The quantitative estimate of drug-likeness (QED) is 0.759. The molecule has 0 saturated carbocycles. The molecule has 0 bridgehead atoms. The number of hydrogen-bond acceptors (Lipinski definition) is 3. The third kappa shape index (κ3) is 3.83. The Balaban J connectivity index is 2.79. The molecule has 0 aliphatic carbocycles. The zero-order valence-corrected chi connectivity index (χ0v) is 10.3. The molecule has 0 saturated heterocycles. The number of aliphatic hydroxyl groups is 2. The second kappa shape index (κ2) is 7.15. The lowest BCUT2D eigenvalue weighted by Gasteiger charge is -2.21. The summed E-state index contributed by atoms with van der Waals surface area (Å²) >= 11 is 5.76. The lowest BCUT2D eigenvalue weighted by atomic mass is 10.3. The van der Waals surface area contributed by atoms with Crippen molar-refractivity contribution in [1.82, 2.24) is 4.90 Å². The molecule has 5 nitrogen and oxygen atoms in total. The molecule has 1 aromatic carbocycles. The monoisotopic (exact) mass is 276 g/mol. The van der Waals surface area contributed by atoms with E-state index in [-0.39, 0.29) is 37.0 Å². The van der Waals surface area contributed by atoms with Crippen molar-refractivity contribution < 1.29 is 19.4 Å². The van der Waals surface area contributed by atoms with Gasteiger partial charge in [-0.25, -0.2) is 9.18 Å². The van der Waals surface area contributed by atoms with Crippen LogP contribution in [0.5, 0.6) is 0 Å². The number of benzene rings is 1. The molecule has 0 radical (unpaired) electrons. The number of carbonyl (C=O) groups is 1. The largest absolute Gasteiger partial charge is 0.395 e. The lowest BCUT2D eigenvalue weighted by Crippen LogP contribution is -2.39. The first-order chi connectivity index (χ1) is 8.60. The fraction of sp³-hybridized carbons (Fsp3) is 0.364. The number of rotatable bonds is 5. The van der Waals surface area contributed by atoms with Gasteiger partial charge in [-0.3, -0.25) is 0 Å². The number of nitrogens with one attached hydrogen (secondary N) is 1. The highest BCUT2D eigenvalue weighted by Gasteiger charge is 2.16. The van der Waals surface area contributed by atoms with E-state index in [4.69, 9.17) is 21.8 Å². The van der Waals surface area contributed by atoms with Crippen LogP contribution in [0, 0.1) is 5.82 Å². The Morgan fingerprint density at radius 2 is 1.94 bits per heavy atom. The van der Waals surface area contributed by atoms with E-state index < -0.39 is 11.8 Å². The Morgan fingerprint density at radius 1 is 1.33 bits per heavy atom. The van der Waals surface area contributed by atoms with E-state index >= 15 is 0 Å². The van der Waals surface area contributed by atoms with Crippen molar-refractivity contribution in [1.29, 1.82) is 0 Å². The number of carbonyl (C=O) groups excluding carboxylic acids is 1. The minimum Gasteiger partial charge on any atom is -0.395 e. The molecule has 2 amide bonds. The van der Waals surface area contributed by atoms with Gasteiger partial charge in [0.05, 0.1) is 23.9 Å². The van der Waals surface area contributed by atoms with Gasteiger partial charge in [0.25, 0.3) is 0 Å². The average Bonchev–Trinajstić information content (AvgIpc) is 2.33. The summed E-state index contributed by atoms with van der Waals surface area (Å²) in [4.78, 5) is 12.9. The van der Waals surface area contributed by atoms with Crippen LogP contribution in [0.3, 0.4) is 0 Å². The molecule has 0 aromatic heterocycles. The maximum atomic E-state index is 13.4. The molecule has 0 aliphatic rings. The van der Waals surface area contributed by atoms with Crippen molar-refractivity contribution >= 4 is 23.3 Å². The molecule has 7 heteroatoms. The second-order valence-corrected chi connectivity index (χ2v) is 3.87. The Kier molecular flexibility index (Phi) is 5.84. The summed E-state index contributed by atoms with van der Waals surface area (Å²) in [5.41, 5.74) is -0.120. The van der Waals surface area contributed by atoms with E-state index in [1.54, 1.807) is 0 Å². The highest BCUT2D eigenvalue weighted by molar-refractivity contribution is 6.33. The first-order valence-electron chi connectivity index (χ1n) is 5.31. The summed E-state index contributed by atoms with van der Waals surface area (Å²) in [7, 11) is 0. The highest BCUT2D eigenvalue weighted by Crippen LogP contribution is 2.24. The maximum absolute atomic E-state index is 13.4. The zero-order valence-electron chi connectivity index (χ0n) is 9.57. The van der Waals surface area contributed by atoms with Crippen LogP contribution in [0.4, 0.5) is 14.9 Å². The normalized spacial score (nSPS) is 10.2. The molecular weight excluding hydrogens is 263 g/mol. The van der Waals surface area contributed by atoms with Crippen LogP contribution < -0.4 is 5.32 Å². The van der Waals surface area contributed by atoms with Gasteiger partial charge in [0.2, 0.25) is 0 Å². The van der Waals surface area contributed by atoms with E-state index in [0.29, 0.717) is 0 Å². The van der Waals surface area contributed by atoms with E-state index in [1.165, 1.54) is 18.2 Å². The van der Waals surface area contributed by atoms with Gasteiger partial charge in [-0.2, -0.15) is 0 Å². The molecule has 0 spiro atoms. The number of nitrogens with zero attached hydrogens (tertiary/aromatic N) is 1. The lowest BCUT2D eigenvalue weighted by molar-refractivity contribution is 0.167. The van der Waals surface area contributed by atoms with Gasteiger partial charge in [0.15, 0.2) is 0 Å². The van der Waals surface area contributed by atoms with Crippen LogP contribution in [0.15, 0.2) is 18.2 Å². The summed E-state index contributed by atoms with van der Waals surface area (Å²) in [5.74, 6) is -0.649. The van der Waals surface area contributed by atoms with Crippen molar-refractivity contribution in [3.63, 3.8) is 0 Å². The molecule has 0 atom stereocenters. The fourth-order valence-electron chi connectivity index (χ4n) is 1.36. The molecule has 0 fully saturated rings. The Morgan fingerprint density at radius 3 is 2.44 bits per heavy atom. The van der Waals surface area contributed by atoms with Gasteiger partial charge in [-0.1, -0.05) is 17.7 Å². The smallest absolute Gasteiger partial charge is 0.322 e. The molecule has 18 heavy (non-hydrogen) atoms. The number of para-hydroxylation sites is 1. The zero-order chi connectivity index (χ0) is 13.5. The number of urea groups is 1. The Labute approximate surface area is 109 Å². The molecule has 0 heterocycles. The maximum Gasteiger partial charge on any atom is 0.322 e. The van der Waals surface area contributed by atoms with E-state index in [1.807, 2.05) is 0 Å². The van der Waals surface area contributed by atoms with Gasteiger partial charge in [0, 0.05) is 13.1 Å². The third-order valence-electron chi connectivity index (χ3n) is 2.22. The summed E-state index contributed by atoms with van der Waals surface area (Å²) in [6, 6.07) is 3.41. The summed E-state index contributed by atoms with van der Waals surface area (Å²) in [5, 5.41) is 20.0. The van der Waals surface area contributed by atoms with E-state index in [2.05, 4.69) is 5.32 Å². The van der Waals surface area contributed by atoms with Gasteiger partial charge in [0.1, 0.15) is 5.82 Å². The van der Waals surface area contributed by atoms with E-state index in [9.17, 15) is 9.18 Å². The van der Waals surface area contributed by atoms with E-state index in [0.717, 1.165) is 4.90 Å². The van der Waals surface area contributed by atoms with Crippen molar-refractivity contribution in [2.75, 3.05) is 31.6 Å². The minimum absolute atomic E-state index is 0.0401. The first kappa shape index (κ1) is 14.7. The van der Waals surface area contributed by atoms with Crippen LogP contribution in [-0.4, -0.2) is 47.4 Å². The highest BCUT2D eigenvalue weighted by atomic mass is 35.5. The third-order valence-corrected chi connectivity index (χ3v) is 2.54. The second-order valence-electron chi connectivity index (χ2n) is 3.46. The Hall–Kier alpha value is -1.37. The van der Waals surface area contributed by atoms with Crippen molar-refractivity contribution in [2.24, 2.45) is 0 Å². The SMILES string of the molecule is O=C(Nc1c(F)cccc1Cl)N(CCO)CCO. The van der Waals surface area contributed by atoms with Crippen LogP contribution in [0.25, 0.3) is 0 Å². The molecule has 0 unspecified atom stereocenters. The molecule has 3 N–H and O–H groups in total. The minimum atomic E-state index is -0.649. The number of aliphatic hydroxyl groups excluding tert-OH is 2. The van der Waals surface area contributed by atoms with Gasteiger partial charge >= 0.3 is 6.03 Å². The standard InChI is InChI=1S/C11H14ClFN2O3/c12-8-2-1-3-9(13)10(8)14-11(18)15(4-6-16)5-7-17/h1-3,16-17H,4-7H2,(H,14,18). The van der Waals surface area contributed by atoms with Crippen LogP contribution >= 0.6 is 11.6 Å². The van der Waals surface area contributed by atoms with Crippen molar-refractivity contribution in [3.8, 4) is 0 Å². The first-order valence-corrected chi connectivity index (χ1v) is 5.69. The van der Waals surface area contributed by atoms with Crippen LogP contribution in [0.1, 0.15) is 0 Å². The topological polar surface area (TPSA) is 72.8 Å². The van der Waals surface area contributed by atoms with Crippen molar-refractivity contribution in [3.05, 3.63) is 29.0 Å². The average molecular weight is 277 g/mol. The summed E-state index contributed by atoms with van der Waals surface area (Å²) in [6.07, 6.45) is 0. The van der Waals surface area contributed by atoms with Crippen molar-refractivity contribution in [2.45, 2.75) is 0 Å². The predicted octanol–water partition coefficient (Wildman–Crippen LogP) is 1.30. The van der Waals surface area contributed by atoms with Gasteiger partial charge in [-0.15, -0.1) is 0 Å². The number of hydrogen-bond donors (Lipinski definition) is 3. The molecule has 1 rings (SSSR count). The van der Waals surface area contributed by atoms with Gasteiger partial charge in [-0.05, 0) is 12.1 Å². The molecule has 1 aromatic rings. The van der Waals surface area contributed by atoms with Crippen LogP contribution in [0.2, 0.25) is 5.02 Å². The van der Waals surface area contributed by atoms with Crippen LogP contribution in [-0.2, 0) is 0 Å².